The molecule has 0 unspecified atom stereocenters. The van der Waals surface area contributed by atoms with Crippen molar-refractivity contribution in [1.29, 1.82) is 0 Å². The van der Waals surface area contributed by atoms with E-state index in [-0.39, 0.29) is 12.5 Å². The predicted molar refractivity (Wildman–Crippen MR) is 117 cm³/mol. The number of nitrogens with zero attached hydrogens (tertiary/aromatic N) is 3. The van der Waals surface area contributed by atoms with Crippen molar-refractivity contribution in [3.8, 4) is 0 Å². The van der Waals surface area contributed by atoms with Gasteiger partial charge in [0.15, 0.2) is 0 Å². The Balaban J connectivity index is 1.77. The van der Waals surface area contributed by atoms with Crippen LogP contribution in [-0.2, 0) is 9.59 Å². The highest BCUT2D eigenvalue weighted by molar-refractivity contribution is 6.47. The molecule has 0 radical (unpaired) electrons. The van der Waals surface area contributed by atoms with Gasteiger partial charge in [0.1, 0.15) is 5.70 Å². The second-order valence-corrected chi connectivity index (χ2v) is 8.02. The van der Waals surface area contributed by atoms with Gasteiger partial charge in [-0.3, -0.25) is 14.5 Å². The summed E-state index contributed by atoms with van der Waals surface area (Å²) in [7, 11) is 0. The molecule has 2 aliphatic heterocycles. The lowest BCUT2D eigenvalue weighted by atomic mass is 10.0. The van der Waals surface area contributed by atoms with Crippen molar-refractivity contribution in [1.82, 2.24) is 9.80 Å². The first-order chi connectivity index (χ1) is 14.5. The summed E-state index contributed by atoms with van der Waals surface area (Å²) in [5, 5.41) is 9.96. The predicted octanol–water partition coefficient (Wildman–Crippen LogP) is 2.89. The molecular weight excluding hydrogens is 425 g/mol. The van der Waals surface area contributed by atoms with Crippen LogP contribution in [0.1, 0.15) is 5.56 Å². The van der Waals surface area contributed by atoms with Crippen LogP contribution in [0.2, 0.25) is 10.0 Å². The molecule has 1 fully saturated rings. The van der Waals surface area contributed by atoms with Crippen molar-refractivity contribution in [2.24, 2.45) is 0 Å². The summed E-state index contributed by atoms with van der Waals surface area (Å²) in [5.41, 5.74) is 1.66. The molecule has 2 amide bonds. The van der Waals surface area contributed by atoms with Crippen LogP contribution in [0, 0.1) is 0 Å². The molecule has 30 heavy (non-hydrogen) atoms. The molecule has 0 spiro atoms. The summed E-state index contributed by atoms with van der Waals surface area (Å²) < 4.78 is 0. The number of anilines is 1. The average Bonchev–Trinajstić information content (AvgIpc) is 3.00. The Labute approximate surface area is 184 Å². The molecule has 2 aliphatic rings. The fraction of sp³-hybridized carbons (Fsp3) is 0.273. The largest absolute Gasteiger partial charge is 0.395 e. The Morgan fingerprint density at radius 3 is 2.23 bits per heavy atom. The molecular formula is C22H21Cl2N3O3. The average molecular weight is 446 g/mol. The molecule has 1 N–H and O–H groups in total. The van der Waals surface area contributed by atoms with Gasteiger partial charge in [0.2, 0.25) is 0 Å². The lowest BCUT2D eigenvalue weighted by Gasteiger charge is -2.36. The zero-order valence-electron chi connectivity index (χ0n) is 16.2. The van der Waals surface area contributed by atoms with Gasteiger partial charge in [-0.05, 0) is 24.3 Å². The van der Waals surface area contributed by atoms with Gasteiger partial charge in [-0.15, -0.1) is 0 Å². The molecule has 8 heteroatoms. The zero-order chi connectivity index (χ0) is 21.3. The summed E-state index contributed by atoms with van der Waals surface area (Å²) in [5.74, 6) is -0.758. The SMILES string of the molecule is O=C1C(c2ccc(Cl)cc2Cl)=C(N2CCN(CCO)CC2)C(=O)N1c1ccccc1. The molecule has 156 valence electrons. The van der Waals surface area contributed by atoms with Gasteiger partial charge in [0, 0.05) is 43.3 Å². The Hall–Kier alpha value is -2.38. The van der Waals surface area contributed by atoms with E-state index in [1.165, 1.54) is 4.90 Å². The highest BCUT2D eigenvalue weighted by Gasteiger charge is 2.43. The normalized spacial score (nSPS) is 18.0. The first-order valence-corrected chi connectivity index (χ1v) is 10.5. The van der Waals surface area contributed by atoms with E-state index < -0.39 is 5.91 Å². The first kappa shape index (κ1) is 20.9. The maximum Gasteiger partial charge on any atom is 0.282 e. The van der Waals surface area contributed by atoms with Gasteiger partial charge >= 0.3 is 0 Å². The van der Waals surface area contributed by atoms with Crippen LogP contribution < -0.4 is 4.90 Å². The monoisotopic (exact) mass is 445 g/mol. The van der Waals surface area contributed by atoms with Gasteiger partial charge in [-0.2, -0.15) is 0 Å². The van der Waals surface area contributed by atoms with Gasteiger partial charge in [0.25, 0.3) is 11.8 Å². The molecule has 1 saturated heterocycles. The zero-order valence-corrected chi connectivity index (χ0v) is 17.7. The second kappa shape index (κ2) is 8.78. The Bertz CT molecular complexity index is 1000. The highest BCUT2D eigenvalue weighted by atomic mass is 35.5. The van der Waals surface area contributed by atoms with E-state index in [0.717, 1.165) is 0 Å². The number of carbonyl (C=O) groups is 2. The topological polar surface area (TPSA) is 64.1 Å². The van der Waals surface area contributed by atoms with Crippen molar-refractivity contribution in [2.75, 3.05) is 44.2 Å². The molecule has 0 saturated carbocycles. The van der Waals surface area contributed by atoms with Crippen molar-refractivity contribution in [3.05, 3.63) is 69.8 Å². The third-order valence-corrected chi connectivity index (χ3v) is 5.93. The Kier molecular flexibility index (Phi) is 6.11. The summed E-state index contributed by atoms with van der Waals surface area (Å²) in [6, 6.07) is 13.8. The maximum atomic E-state index is 13.5. The van der Waals surface area contributed by atoms with Crippen molar-refractivity contribution in [3.63, 3.8) is 0 Å². The van der Waals surface area contributed by atoms with Gasteiger partial charge in [-0.25, -0.2) is 4.90 Å². The number of β-amino-alcohol motifs (C(OH)–C–C–N with tert-alkyl or cyclic N) is 1. The quantitative estimate of drug-likeness (QED) is 0.716. The molecule has 4 rings (SSSR count). The number of imide groups is 1. The fourth-order valence-electron chi connectivity index (χ4n) is 3.89. The first-order valence-electron chi connectivity index (χ1n) is 9.73. The van der Waals surface area contributed by atoms with E-state index in [1.807, 2.05) is 11.0 Å². The summed E-state index contributed by atoms with van der Waals surface area (Å²) in [6.45, 7) is 3.22. The number of rotatable bonds is 5. The lowest BCUT2D eigenvalue weighted by Crippen LogP contribution is -2.48. The third-order valence-electron chi connectivity index (χ3n) is 5.38. The van der Waals surface area contributed by atoms with Gasteiger partial charge < -0.3 is 10.0 Å². The highest BCUT2D eigenvalue weighted by Crippen LogP contribution is 2.38. The van der Waals surface area contributed by atoms with Gasteiger partial charge in [0.05, 0.1) is 22.9 Å². The van der Waals surface area contributed by atoms with E-state index in [0.29, 0.717) is 65.3 Å². The van der Waals surface area contributed by atoms with Crippen molar-refractivity contribution >= 4 is 46.3 Å². The van der Waals surface area contributed by atoms with Gasteiger partial charge in [-0.1, -0.05) is 47.5 Å². The van der Waals surface area contributed by atoms with E-state index >= 15 is 0 Å². The molecule has 0 aromatic heterocycles. The van der Waals surface area contributed by atoms with Crippen LogP contribution in [0.25, 0.3) is 5.57 Å². The summed E-state index contributed by atoms with van der Waals surface area (Å²) in [4.78, 5) is 32.2. The fourth-order valence-corrected chi connectivity index (χ4v) is 4.40. The Morgan fingerprint density at radius 2 is 1.60 bits per heavy atom. The standard InChI is InChI=1S/C22H21Cl2N3O3/c23-15-6-7-17(18(24)14-15)19-20(26-10-8-25(9-11-26)12-13-28)22(30)27(21(19)29)16-4-2-1-3-5-16/h1-7,14,28H,8-13H2. The molecule has 6 nitrogen and oxygen atoms in total. The number of piperazine rings is 1. The number of hydrogen-bond donors (Lipinski definition) is 1. The number of benzene rings is 2. The van der Waals surface area contributed by atoms with E-state index in [9.17, 15) is 14.7 Å². The molecule has 0 atom stereocenters. The number of para-hydroxylation sites is 1. The van der Waals surface area contributed by atoms with Crippen LogP contribution in [-0.4, -0.2) is 66.1 Å². The van der Waals surface area contributed by atoms with Crippen molar-refractivity contribution in [2.45, 2.75) is 0 Å². The van der Waals surface area contributed by atoms with E-state index in [4.69, 9.17) is 23.2 Å². The molecule has 2 aromatic carbocycles. The Morgan fingerprint density at radius 1 is 0.900 bits per heavy atom. The lowest BCUT2D eigenvalue weighted by molar-refractivity contribution is -0.120. The van der Waals surface area contributed by atoms with E-state index in [2.05, 4.69) is 4.90 Å². The van der Waals surface area contributed by atoms with Crippen LogP contribution >= 0.6 is 23.2 Å². The summed E-state index contributed by atoms with van der Waals surface area (Å²) in [6.07, 6.45) is 0. The van der Waals surface area contributed by atoms with Crippen LogP contribution in [0.4, 0.5) is 5.69 Å². The molecule has 0 aliphatic carbocycles. The molecule has 2 aromatic rings. The molecule has 2 heterocycles. The number of aliphatic hydroxyl groups is 1. The number of aliphatic hydroxyl groups excluding tert-OH is 1. The number of amides is 2. The second-order valence-electron chi connectivity index (χ2n) is 7.18. The van der Waals surface area contributed by atoms with Crippen LogP contribution in [0.15, 0.2) is 54.2 Å². The van der Waals surface area contributed by atoms with E-state index in [1.54, 1.807) is 42.5 Å². The smallest absolute Gasteiger partial charge is 0.282 e. The maximum absolute atomic E-state index is 13.5. The van der Waals surface area contributed by atoms with Crippen molar-refractivity contribution < 1.29 is 14.7 Å². The summed E-state index contributed by atoms with van der Waals surface area (Å²) >= 11 is 12.5. The minimum atomic E-state index is -0.400. The number of carbonyl (C=O) groups excluding carboxylic acids is 2. The minimum Gasteiger partial charge on any atom is -0.395 e. The minimum absolute atomic E-state index is 0.0908. The third kappa shape index (κ3) is 3.84. The number of halogens is 2. The molecule has 0 bridgehead atoms. The van der Waals surface area contributed by atoms with Crippen LogP contribution in [0.5, 0.6) is 0 Å². The van der Waals surface area contributed by atoms with Crippen LogP contribution in [0.3, 0.4) is 0 Å². The number of hydrogen-bond acceptors (Lipinski definition) is 5.